The SMILES string of the molecule is C=CCOc1ccccc1/C=N/NC(=O)C(c1ccccc1)c1ccccc1. The van der Waals surface area contributed by atoms with Crippen molar-refractivity contribution in [3.63, 3.8) is 0 Å². The van der Waals surface area contributed by atoms with Crippen LogP contribution in [-0.2, 0) is 4.79 Å². The molecule has 0 heterocycles. The summed E-state index contributed by atoms with van der Waals surface area (Å²) in [5.41, 5.74) is 5.27. The zero-order valence-corrected chi connectivity index (χ0v) is 15.5. The molecule has 0 aromatic heterocycles. The number of hydrogen-bond donors (Lipinski definition) is 1. The van der Waals surface area contributed by atoms with Gasteiger partial charge >= 0.3 is 0 Å². The first kappa shape index (κ1) is 19.1. The number of benzene rings is 3. The summed E-state index contributed by atoms with van der Waals surface area (Å²) in [5.74, 6) is 0.0491. The van der Waals surface area contributed by atoms with Crippen LogP contribution in [0.15, 0.2) is 103 Å². The van der Waals surface area contributed by atoms with E-state index in [1.165, 1.54) is 0 Å². The van der Waals surface area contributed by atoms with Gasteiger partial charge in [0.15, 0.2) is 0 Å². The standard InChI is InChI=1S/C24H22N2O2/c1-2-17-28-22-16-10-9-15-21(22)18-25-26-24(27)23(19-11-5-3-6-12-19)20-13-7-4-8-14-20/h2-16,18,23H,1,17H2,(H,26,27)/b25-18+. The predicted molar refractivity (Wildman–Crippen MR) is 113 cm³/mol. The van der Waals surface area contributed by atoms with E-state index < -0.39 is 5.92 Å². The van der Waals surface area contributed by atoms with E-state index in [-0.39, 0.29) is 5.91 Å². The molecule has 0 aliphatic carbocycles. The molecule has 0 saturated carbocycles. The molecule has 3 aromatic rings. The third-order valence-corrected chi connectivity index (χ3v) is 4.18. The number of hydrazone groups is 1. The van der Waals surface area contributed by atoms with Crippen molar-refractivity contribution in [2.24, 2.45) is 5.10 Å². The number of amides is 1. The Kier molecular flexibility index (Phi) is 6.74. The number of para-hydroxylation sites is 1. The highest BCUT2D eigenvalue weighted by atomic mass is 16.5. The highest BCUT2D eigenvalue weighted by Crippen LogP contribution is 2.24. The van der Waals surface area contributed by atoms with E-state index in [0.717, 1.165) is 16.7 Å². The summed E-state index contributed by atoms with van der Waals surface area (Å²) >= 11 is 0. The largest absolute Gasteiger partial charge is 0.489 e. The molecule has 3 rings (SSSR count). The average Bonchev–Trinajstić information content (AvgIpc) is 2.75. The summed E-state index contributed by atoms with van der Waals surface area (Å²) < 4.78 is 5.61. The summed E-state index contributed by atoms with van der Waals surface area (Å²) in [7, 11) is 0. The van der Waals surface area contributed by atoms with Crippen molar-refractivity contribution >= 4 is 12.1 Å². The highest BCUT2D eigenvalue weighted by molar-refractivity contribution is 5.89. The van der Waals surface area contributed by atoms with E-state index in [2.05, 4.69) is 17.1 Å². The Labute approximate surface area is 165 Å². The maximum absolute atomic E-state index is 12.9. The second-order valence-corrected chi connectivity index (χ2v) is 6.13. The van der Waals surface area contributed by atoms with Gasteiger partial charge in [0.25, 0.3) is 5.91 Å². The summed E-state index contributed by atoms with van der Waals surface area (Å²) in [6.07, 6.45) is 3.27. The van der Waals surface area contributed by atoms with Crippen molar-refractivity contribution in [2.45, 2.75) is 5.92 Å². The van der Waals surface area contributed by atoms with E-state index in [4.69, 9.17) is 4.74 Å². The van der Waals surface area contributed by atoms with Crippen LogP contribution >= 0.6 is 0 Å². The molecule has 140 valence electrons. The predicted octanol–water partition coefficient (Wildman–Crippen LogP) is 4.53. The quantitative estimate of drug-likeness (QED) is 0.360. The van der Waals surface area contributed by atoms with Crippen molar-refractivity contribution in [1.29, 1.82) is 0 Å². The van der Waals surface area contributed by atoms with E-state index in [0.29, 0.717) is 12.4 Å². The van der Waals surface area contributed by atoms with Crippen LogP contribution in [0, 0.1) is 0 Å². The normalized spacial score (nSPS) is 10.8. The summed E-state index contributed by atoms with van der Waals surface area (Å²) in [5, 5.41) is 4.15. The van der Waals surface area contributed by atoms with Gasteiger partial charge in [-0.15, -0.1) is 0 Å². The van der Waals surface area contributed by atoms with Crippen molar-refractivity contribution < 1.29 is 9.53 Å². The Morgan fingerprint density at radius 3 is 2.11 bits per heavy atom. The number of carbonyl (C=O) groups excluding carboxylic acids is 1. The Morgan fingerprint density at radius 2 is 1.50 bits per heavy atom. The third kappa shape index (κ3) is 4.95. The maximum atomic E-state index is 12.9. The summed E-state index contributed by atoms with van der Waals surface area (Å²) in [6.45, 7) is 4.06. The molecule has 4 nitrogen and oxygen atoms in total. The molecule has 0 unspecified atom stereocenters. The van der Waals surface area contributed by atoms with E-state index >= 15 is 0 Å². The lowest BCUT2D eigenvalue weighted by Crippen LogP contribution is -2.26. The molecule has 4 heteroatoms. The molecule has 0 atom stereocenters. The smallest absolute Gasteiger partial charge is 0.252 e. The molecule has 0 bridgehead atoms. The molecule has 3 aromatic carbocycles. The van der Waals surface area contributed by atoms with Crippen LogP contribution in [0.5, 0.6) is 5.75 Å². The molecule has 1 N–H and O–H groups in total. The molecular formula is C24H22N2O2. The van der Waals surface area contributed by atoms with Crippen LogP contribution in [0.4, 0.5) is 0 Å². The van der Waals surface area contributed by atoms with Gasteiger partial charge in [-0.1, -0.05) is 85.5 Å². The fraction of sp³-hybridized carbons (Fsp3) is 0.0833. The Hall–Kier alpha value is -3.66. The van der Waals surface area contributed by atoms with Gasteiger partial charge in [0.1, 0.15) is 12.4 Å². The molecule has 28 heavy (non-hydrogen) atoms. The Morgan fingerprint density at radius 1 is 0.929 bits per heavy atom. The number of hydrogen-bond acceptors (Lipinski definition) is 3. The van der Waals surface area contributed by atoms with Gasteiger partial charge in [-0.2, -0.15) is 5.10 Å². The molecule has 0 saturated heterocycles. The minimum atomic E-state index is -0.438. The van der Waals surface area contributed by atoms with E-state index in [1.54, 1.807) is 12.3 Å². The molecule has 0 radical (unpaired) electrons. The minimum absolute atomic E-state index is 0.196. The van der Waals surface area contributed by atoms with Crippen LogP contribution in [0.3, 0.4) is 0 Å². The number of ether oxygens (including phenoxy) is 1. The van der Waals surface area contributed by atoms with E-state index in [1.807, 2.05) is 84.9 Å². The van der Waals surface area contributed by atoms with Gasteiger partial charge in [-0.3, -0.25) is 4.79 Å². The highest BCUT2D eigenvalue weighted by Gasteiger charge is 2.22. The van der Waals surface area contributed by atoms with Crippen molar-refractivity contribution in [3.8, 4) is 5.75 Å². The number of rotatable bonds is 8. The van der Waals surface area contributed by atoms with Gasteiger partial charge in [-0.05, 0) is 23.3 Å². The number of carbonyl (C=O) groups is 1. The lowest BCUT2D eigenvalue weighted by molar-refractivity contribution is -0.121. The maximum Gasteiger partial charge on any atom is 0.252 e. The lowest BCUT2D eigenvalue weighted by atomic mass is 9.91. The average molecular weight is 370 g/mol. The molecule has 0 aliphatic rings. The molecule has 1 amide bonds. The topological polar surface area (TPSA) is 50.7 Å². The lowest BCUT2D eigenvalue weighted by Gasteiger charge is -2.16. The fourth-order valence-corrected chi connectivity index (χ4v) is 2.88. The zero-order valence-electron chi connectivity index (χ0n) is 15.5. The van der Waals surface area contributed by atoms with Crippen LogP contribution < -0.4 is 10.2 Å². The molecule has 0 aliphatic heterocycles. The summed E-state index contributed by atoms with van der Waals surface area (Å²) in [6, 6.07) is 26.8. The first-order valence-corrected chi connectivity index (χ1v) is 9.05. The fourth-order valence-electron chi connectivity index (χ4n) is 2.88. The second-order valence-electron chi connectivity index (χ2n) is 6.13. The van der Waals surface area contributed by atoms with Crippen molar-refractivity contribution in [2.75, 3.05) is 6.61 Å². The monoisotopic (exact) mass is 370 g/mol. The number of nitrogens with zero attached hydrogens (tertiary/aromatic N) is 1. The number of nitrogens with one attached hydrogen (secondary N) is 1. The Bertz CT molecular complexity index is 898. The van der Waals surface area contributed by atoms with Gasteiger partial charge in [-0.25, -0.2) is 5.43 Å². The molecule has 0 spiro atoms. The third-order valence-electron chi connectivity index (χ3n) is 4.18. The second kappa shape index (κ2) is 9.88. The summed E-state index contributed by atoms with van der Waals surface area (Å²) in [4.78, 5) is 12.9. The van der Waals surface area contributed by atoms with Gasteiger partial charge < -0.3 is 4.74 Å². The van der Waals surface area contributed by atoms with Crippen LogP contribution in [0.25, 0.3) is 0 Å². The molecule has 0 fully saturated rings. The van der Waals surface area contributed by atoms with Gasteiger partial charge in [0, 0.05) is 5.56 Å². The zero-order chi connectivity index (χ0) is 19.6. The van der Waals surface area contributed by atoms with Crippen LogP contribution in [-0.4, -0.2) is 18.7 Å². The van der Waals surface area contributed by atoms with Crippen molar-refractivity contribution in [3.05, 3.63) is 114 Å². The molecular weight excluding hydrogens is 348 g/mol. The first-order chi connectivity index (χ1) is 13.8. The van der Waals surface area contributed by atoms with Crippen LogP contribution in [0.1, 0.15) is 22.6 Å². The minimum Gasteiger partial charge on any atom is -0.489 e. The Balaban J connectivity index is 1.78. The van der Waals surface area contributed by atoms with E-state index in [9.17, 15) is 4.79 Å². The van der Waals surface area contributed by atoms with Gasteiger partial charge in [0.2, 0.25) is 0 Å². The first-order valence-electron chi connectivity index (χ1n) is 9.05. The van der Waals surface area contributed by atoms with Gasteiger partial charge in [0.05, 0.1) is 12.1 Å². The van der Waals surface area contributed by atoms with Crippen LogP contribution in [0.2, 0.25) is 0 Å². The van der Waals surface area contributed by atoms with Crippen molar-refractivity contribution in [1.82, 2.24) is 5.43 Å².